The minimum atomic E-state index is -1.15. The van der Waals surface area contributed by atoms with Gasteiger partial charge in [0.25, 0.3) is 0 Å². The van der Waals surface area contributed by atoms with Crippen LogP contribution in [-0.2, 0) is 5.72 Å². The molecule has 0 aromatic heterocycles. The average molecular weight is 265 g/mol. The maximum Gasteiger partial charge on any atom is 0.201 e. The SMILES string of the molecule is O[C@@]1(c2ccccc2)c2ccccc2NC2=NCCN21. The summed E-state index contributed by atoms with van der Waals surface area (Å²) in [6, 6.07) is 17.6. The lowest BCUT2D eigenvalue weighted by molar-refractivity contribution is -0.0341. The lowest BCUT2D eigenvalue weighted by Crippen LogP contribution is -2.54. The number of hydrogen-bond acceptors (Lipinski definition) is 4. The van der Waals surface area contributed by atoms with E-state index >= 15 is 0 Å². The number of hydrogen-bond donors (Lipinski definition) is 2. The number of nitrogens with zero attached hydrogens (tertiary/aromatic N) is 2. The van der Waals surface area contributed by atoms with E-state index in [1.54, 1.807) is 0 Å². The first-order chi connectivity index (χ1) is 9.80. The van der Waals surface area contributed by atoms with Crippen LogP contribution >= 0.6 is 0 Å². The number of guanidine groups is 1. The Kier molecular flexibility index (Phi) is 2.35. The monoisotopic (exact) mass is 265 g/mol. The number of benzene rings is 2. The Labute approximate surface area is 117 Å². The van der Waals surface area contributed by atoms with Gasteiger partial charge in [-0.3, -0.25) is 4.99 Å². The second-order valence-electron chi connectivity index (χ2n) is 5.07. The van der Waals surface area contributed by atoms with Gasteiger partial charge in [0.15, 0.2) is 5.72 Å². The summed E-state index contributed by atoms with van der Waals surface area (Å²) in [6.45, 7) is 1.41. The number of anilines is 1. The first-order valence-corrected chi connectivity index (χ1v) is 6.76. The van der Waals surface area contributed by atoms with E-state index in [4.69, 9.17) is 0 Å². The van der Waals surface area contributed by atoms with Crippen molar-refractivity contribution in [2.24, 2.45) is 4.99 Å². The summed E-state index contributed by atoms with van der Waals surface area (Å²) in [5, 5.41) is 14.8. The zero-order chi connectivity index (χ0) is 13.6. The summed E-state index contributed by atoms with van der Waals surface area (Å²) in [7, 11) is 0. The van der Waals surface area contributed by atoms with Crippen LogP contribution in [0.25, 0.3) is 0 Å². The van der Waals surface area contributed by atoms with Gasteiger partial charge in [-0.05, 0) is 6.07 Å². The first kappa shape index (κ1) is 11.5. The van der Waals surface area contributed by atoms with Crippen molar-refractivity contribution < 1.29 is 5.11 Å². The quantitative estimate of drug-likeness (QED) is 0.829. The Morgan fingerprint density at radius 2 is 1.80 bits per heavy atom. The molecule has 0 saturated carbocycles. The lowest BCUT2D eigenvalue weighted by Gasteiger charge is -2.44. The van der Waals surface area contributed by atoms with Gasteiger partial charge in [-0.1, -0.05) is 48.5 Å². The summed E-state index contributed by atoms with van der Waals surface area (Å²) in [4.78, 5) is 6.38. The number of fused-ring (bicyclic) bond motifs is 2. The number of nitrogens with one attached hydrogen (secondary N) is 1. The van der Waals surface area contributed by atoms with E-state index in [1.165, 1.54) is 0 Å². The largest absolute Gasteiger partial charge is 0.363 e. The molecule has 1 atom stereocenters. The van der Waals surface area contributed by atoms with Crippen LogP contribution in [0, 0.1) is 0 Å². The van der Waals surface area contributed by atoms with Gasteiger partial charge >= 0.3 is 0 Å². The van der Waals surface area contributed by atoms with Gasteiger partial charge in [-0.2, -0.15) is 0 Å². The predicted octanol–water partition coefficient (Wildman–Crippen LogP) is 1.98. The highest BCUT2D eigenvalue weighted by atomic mass is 16.3. The van der Waals surface area contributed by atoms with E-state index in [0.29, 0.717) is 13.1 Å². The highest BCUT2D eigenvalue weighted by Crippen LogP contribution is 2.41. The van der Waals surface area contributed by atoms with E-state index in [9.17, 15) is 5.11 Å². The number of para-hydroxylation sites is 1. The van der Waals surface area contributed by atoms with Gasteiger partial charge in [-0.15, -0.1) is 0 Å². The Balaban J connectivity index is 1.98. The Morgan fingerprint density at radius 1 is 1.05 bits per heavy atom. The van der Waals surface area contributed by atoms with E-state index in [0.717, 1.165) is 22.8 Å². The van der Waals surface area contributed by atoms with E-state index in [2.05, 4.69) is 10.3 Å². The van der Waals surface area contributed by atoms with Crippen molar-refractivity contribution in [3.8, 4) is 0 Å². The second-order valence-corrected chi connectivity index (χ2v) is 5.07. The first-order valence-electron chi connectivity index (χ1n) is 6.76. The second kappa shape index (κ2) is 4.08. The molecule has 4 nitrogen and oxygen atoms in total. The fraction of sp³-hybridized carbons (Fsp3) is 0.188. The molecule has 0 amide bonds. The van der Waals surface area contributed by atoms with E-state index < -0.39 is 5.72 Å². The molecule has 0 bridgehead atoms. The molecule has 2 aromatic rings. The fourth-order valence-corrected chi connectivity index (χ4v) is 3.01. The van der Waals surface area contributed by atoms with Crippen LogP contribution in [0.4, 0.5) is 5.69 Å². The Morgan fingerprint density at radius 3 is 2.65 bits per heavy atom. The smallest absolute Gasteiger partial charge is 0.201 e. The molecular weight excluding hydrogens is 250 g/mol. The predicted molar refractivity (Wildman–Crippen MR) is 78.5 cm³/mol. The zero-order valence-corrected chi connectivity index (χ0v) is 11.0. The third-order valence-corrected chi connectivity index (χ3v) is 3.96. The standard InChI is InChI=1S/C16H15N3O/c20-16(12-6-2-1-3-7-12)13-8-4-5-9-14(13)18-15-17-10-11-19(15)16/h1-9,20H,10-11H2,(H,17,18)/t16-/m0/s1. The van der Waals surface area contributed by atoms with E-state index in [1.807, 2.05) is 59.5 Å². The normalized spacial score (nSPS) is 23.6. The molecule has 0 unspecified atom stereocenters. The summed E-state index contributed by atoms with van der Waals surface area (Å²) in [5.41, 5.74) is 1.49. The van der Waals surface area contributed by atoms with Crippen LogP contribution in [0.2, 0.25) is 0 Å². The van der Waals surface area contributed by atoms with Crippen molar-refractivity contribution in [2.75, 3.05) is 18.4 Å². The molecule has 0 fully saturated rings. The van der Waals surface area contributed by atoms with Crippen molar-refractivity contribution in [1.82, 2.24) is 4.90 Å². The molecule has 2 aromatic carbocycles. The van der Waals surface area contributed by atoms with Crippen molar-refractivity contribution in [3.05, 3.63) is 65.7 Å². The third-order valence-electron chi connectivity index (χ3n) is 3.96. The molecule has 2 heterocycles. The van der Waals surface area contributed by atoms with Gasteiger partial charge in [0.1, 0.15) is 0 Å². The molecule has 2 N–H and O–H groups in total. The van der Waals surface area contributed by atoms with Crippen LogP contribution in [-0.4, -0.2) is 29.1 Å². The van der Waals surface area contributed by atoms with Crippen LogP contribution in [0.3, 0.4) is 0 Å². The lowest BCUT2D eigenvalue weighted by atomic mass is 9.90. The molecular formula is C16H15N3O. The van der Waals surface area contributed by atoms with Gasteiger partial charge in [-0.25, -0.2) is 0 Å². The van der Waals surface area contributed by atoms with Crippen LogP contribution < -0.4 is 5.32 Å². The minimum Gasteiger partial charge on any atom is -0.363 e. The minimum absolute atomic E-state index is 0.700. The fourth-order valence-electron chi connectivity index (χ4n) is 3.01. The number of aliphatic imine (C=N–C) groups is 1. The third kappa shape index (κ3) is 1.42. The zero-order valence-electron chi connectivity index (χ0n) is 11.0. The summed E-state index contributed by atoms with van der Waals surface area (Å²) >= 11 is 0. The van der Waals surface area contributed by atoms with E-state index in [-0.39, 0.29) is 0 Å². The molecule has 0 saturated heterocycles. The van der Waals surface area contributed by atoms with Crippen LogP contribution in [0.15, 0.2) is 59.6 Å². The molecule has 2 aliphatic rings. The highest BCUT2D eigenvalue weighted by molar-refractivity contribution is 5.98. The molecule has 100 valence electrons. The van der Waals surface area contributed by atoms with Gasteiger partial charge in [0, 0.05) is 23.4 Å². The maximum absolute atomic E-state index is 11.5. The molecule has 0 radical (unpaired) electrons. The van der Waals surface area contributed by atoms with Crippen molar-refractivity contribution in [1.29, 1.82) is 0 Å². The summed E-state index contributed by atoms with van der Waals surface area (Å²) < 4.78 is 0. The Hall–Kier alpha value is -2.33. The molecule has 0 aliphatic carbocycles. The average Bonchev–Trinajstić information content (AvgIpc) is 2.97. The summed E-state index contributed by atoms with van der Waals surface area (Å²) in [5.74, 6) is 0.745. The highest BCUT2D eigenvalue weighted by Gasteiger charge is 2.46. The number of aliphatic hydroxyl groups is 1. The number of rotatable bonds is 1. The van der Waals surface area contributed by atoms with Crippen molar-refractivity contribution in [3.63, 3.8) is 0 Å². The maximum atomic E-state index is 11.5. The van der Waals surface area contributed by atoms with Crippen LogP contribution in [0.1, 0.15) is 11.1 Å². The topological polar surface area (TPSA) is 47.9 Å². The molecule has 20 heavy (non-hydrogen) atoms. The summed E-state index contributed by atoms with van der Waals surface area (Å²) in [6.07, 6.45) is 0. The Bertz CT molecular complexity index is 683. The van der Waals surface area contributed by atoms with Gasteiger partial charge < -0.3 is 15.3 Å². The molecule has 4 rings (SSSR count). The van der Waals surface area contributed by atoms with Crippen molar-refractivity contribution in [2.45, 2.75) is 5.72 Å². The van der Waals surface area contributed by atoms with Gasteiger partial charge in [0.05, 0.1) is 6.54 Å². The molecule has 2 aliphatic heterocycles. The molecule has 4 heteroatoms. The van der Waals surface area contributed by atoms with Crippen LogP contribution in [0.5, 0.6) is 0 Å². The van der Waals surface area contributed by atoms with Crippen molar-refractivity contribution >= 4 is 11.6 Å². The molecule has 0 spiro atoms. The van der Waals surface area contributed by atoms with Gasteiger partial charge in [0.2, 0.25) is 5.96 Å².